The third kappa shape index (κ3) is 1.88. The van der Waals surface area contributed by atoms with Crippen LogP contribution < -0.4 is 0 Å². The monoisotopic (exact) mass is 222 g/mol. The number of hydrogen-bond acceptors (Lipinski definition) is 0. The summed E-state index contributed by atoms with van der Waals surface area (Å²) >= 11 is 0. The summed E-state index contributed by atoms with van der Waals surface area (Å²) in [6.07, 6.45) is 1.32. The van der Waals surface area contributed by atoms with E-state index in [1.165, 1.54) is 17.5 Å². The van der Waals surface area contributed by atoms with Gasteiger partial charge < -0.3 is 0 Å². The second kappa shape index (κ2) is 4.03. The van der Waals surface area contributed by atoms with E-state index in [1.54, 1.807) is 11.1 Å². The van der Waals surface area contributed by atoms with Crippen molar-refractivity contribution in [1.29, 1.82) is 0 Å². The minimum atomic E-state index is 0.747. The second-order valence-electron chi connectivity index (χ2n) is 5.16. The summed E-state index contributed by atoms with van der Waals surface area (Å²) in [6.45, 7) is 4.45. The molecular formula is C17H18. The molecule has 0 aromatic heterocycles. The Labute approximate surface area is 103 Å². The highest BCUT2D eigenvalue weighted by molar-refractivity contribution is 5.42. The van der Waals surface area contributed by atoms with Crippen LogP contribution >= 0.6 is 0 Å². The van der Waals surface area contributed by atoms with Gasteiger partial charge in [0.05, 0.1) is 0 Å². The molecule has 2 atom stereocenters. The van der Waals surface area contributed by atoms with Crippen LogP contribution in [0, 0.1) is 13.8 Å². The standard InChI is InChI=1S/C17H18/c1-12-7-3-5-9-14(12)16-11-17(16)15-10-6-4-8-13(15)2/h3-10,16-17H,11H2,1-2H3. The maximum atomic E-state index is 2.29. The zero-order chi connectivity index (χ0) is 11.8. The van der Waals surface area contributed by atoms with Crippen molar-refractivity contribution >= 4 is 0 Å². The van der Waals surface area contributed by atoms with Gasteiger partial charge in [-0.1, -0.05) is 48.5 Å². The third-order valence-electron chi connectivity index (χ3n) is 3.97. The normalized spacial score (nSPS) is 22.5. The van der Waals surface area contributed by atoms with Gasteiger partial charge in [-0.15, -0.1) is 0 Å². The van der Waals surface area contributed by atoms with Gasteiger partial charge in [-0.05, 0) is 54.4 Å². The van der Waals surface area contributed by atoms with Crippen LogP contribution in [-0.2, 0) is 0 Å². The molecule has 0 heterocycles. The van der Waals surface area contributed by atoms with Gasteiger partial charge in [0.25, 0.3) is 0 Å². The van der Waals surface area contributed by atoms with E-state index in [-0.39, 0.29) is 0 Å². The lowest BCUT2D eigenvalue weighted by molar-refractivity contribution is 1.000. The van der Waals surface area contributed by atoms with E-state index in [0.29, 0.717) is 0 Å². The number of rotatable bonds is 2. The zero-order valence-corrected chi connectivity index (χ0v) is 10.5. The molecule has 0 spiro atoms. The van der Waals surface area contributed by atoms with Gasteiger partial charge >= 0.3 is 0 Å². The molecule has 0 amide bonds. The molecule has 0 saturated heterocycles. The molecule has 1 fully saturated rings. The number of hydrogen-bond donors (Lipinski definition) is 0. The van der Waals surface area contributed by atoms with Crippen LogP contribution in [-0.4, -0.2) is 0 Å². The first-order chi connectivity index (χ1) is 8.27. The summed E-state index contributed by atoms with van der Waals surface area (Å²) in [7, 11) is 0. The van der Waals surface area contributed by atoms with Gasteiger partial charge in [-0.25, -0.2) is 0 Å². The van der Waals surface area contributed by atoms with Crippen LogP contribution in [0.15, 0.2) is 48.5 Å². The summed E-state index contributed by atoms with van der Waals surface area (Å²) in [4.78, 5) is 0. The lowest BCUT2D eigenvalue weighted by Crippen LogP contribution is -1.90. The van der Waals surface area contributed by atoms with Crippen molar-refractivity contribution in [2.24, 2.45) is 0 Å². The maximum Gasteiger partial charge on any atom is -0.00841 e. The molecule has 1 saturated carbocycles. The Bertz CT molecular complexity index is 490. The smallest absolute Gasteiger partial charge is 0.00841 e. The van der Waals surface area contributed by atoms with Crippen LogP contribution in [0.3, 0.4) is 0 Å². The molecule has 86 valence electrons. The van der Waals surface area contributed by atoms with Crippen molar-refractivity contribution in [3.8, 4) is 0 Å². The first kappa shape index (κ1) is 10.6. The predicted molar refractivity (Wildman–Crippen MR) is 72.5 cm³/mol. The van der Waals surface area contributed by atoms with Crippen molar-refractivity contribution in [2.75, 3.05) is 0 Å². The molecule has 0 aliphatic heterocycles. The quantitative estimate of drug-likeness (QED) is 0.698. The minimum absolute atomic E-state index is 0.747. The molecule has 0 bridgehead atoms. The lowest BCUT2D eigenvalue weighted by atomic mass is 9.98. The van der Waals surface area contributed by atoms with E-state index in [2.05, 4.69) is 62.4 Å². The number of benzene rings is 2. The van der Waals surface area contributed by atoms with E-state index < -0.39 is 0 Å². The topological polar surface area (TPSA) is 0 Å². The maximum absolute atomic E-state index is 2.29. The summed E-state index contributed by atoms with van der Waals surface area (Å²) in [5.74, 6) is 1.49. The van der Waals surface area contributed by atoms with Gasteiger partial charge in [-0.3, -0.25) is 0 Å². The van der Waals surface area contributed by atoms with Gasteiger partial charge in [-0.2, -0.15) is 0 Å². The predicted octanol–water partition coefficient (Wildman–Crippen LogP) is 4.57. The largest absolute Gasteiger partial charge is 0.0620 e. The van der Waals surface area contributed by atoms with E-state index in [4.69, 9.17) is 0 Å². The molecule has 2 aromatic rings. The molecule has 0 N–H and O–H groups in total. The van der Waals surface area contributed by atoms with Crippen LogP contribution in [0.5, 0.6) is 0 Å². The van der Waals surface area contributed by atoms with Crippen LogP contribution in [0.2, 0.25) is 0 Å². The van der Waals surface area contributed by atoms with Gasteiger partial charge in [0, 0.05) is 0 Å². The molecule has 0 radical (unpaired) electrons. The van der Waals surface area contributed by atoms with Crippen molar-refractivity contribution in [1.82, 2.24) is 0 Å². The summed E-state index contributed by atoms with van der Waals surface area (Å²) in [5.41, 5.74) is 5.96. The van der Waals surface area contributed by atoms with Crippen LogP contribution in [0.25, 0.3) is 0 Å². The third-order valence-corrected chi connectivity index (χ3v) is 3.97. The summed E-state index contributed by atoms with van der Waals surface area (Å²) in [5, 5.41) is 0. The molecule has 0 nitrogen and oxygen atoms in total. The fourth-order valence-corrected chi connectivity index (χ4v) is 2.89. The van der Waals surface area contributed by atoms with Gasteiger partial charge in [0.1, 0.15) is 0 Å². The molecule has 2 aromatic carbocycles. The Morgan fingerprint density at radius 3 is 1.53 bits per heavy atom. The molecular weight excluding hydrogens is 204 g/mol. The van der Waals surface area contributed by atoms with Crippen LogP contribution in [0.1, 0.15) is 40.5 Å². The Balaban J connectivity index is 1.89. The van der Waals surface area contributed by atoms with Crippen LogP contribution in [0.4, 0.5) is 0 Å². The molecule has 1 aliphatic carbocycles. The van der Waals surface area contributed by atoms with E-state index >= 15 is 0 Å². The highest BCUT2D eigenvalue weighted by Crippen LogP contribution is 2.55. The molecule has 17 heavy (non-hydrogen) atoms. The van der Waals surface area contributed by atoms with E-state index in [9.17, 15) is 0 Å². The summed E-state index contributed by atoms with van der Waals surface area (Å²) in [6, 6.07) is 17.6. The van der Waals surface area contributed by atoms with Gasteiger partial charge in [0.2, 0.25) is 0 Å². The fraction of sp³-hybridized carbons (Fsp3) is 0.294. The van der Waals surface area contributed by atoms with Crippen molar-refractivity contribution < 1.29 is 0 Å². The summed E-state index contributed by atoms with van der Waals surface area (Å²) < 4.78 is 0. The fourth-order valence-electron chi connectivity index (χ4n) is 2.89. The second-order valence-corrected chi connectivity index (χ2v) is 5.16. The number of aryl methyl sites for hydroxylation is 2. The van der Waals surface area contributed by atoms with E-state index in [0.717, 1.165) is 11.8 Å². The SMILES string of the molecule is Cc1ccccc1C1CC1c1ccccc1C. The highest BCUT2D eigenvalue weighted by atomic mass is 14.4. The average Bonchev–Trinajstić information content (AvgIpc) is 3.10. The Kier molecular flexibility index (Phi) is 2.51. The van der Waals surface area contributed by atoms with Crippen molar-refractivity contribution in [3.63, 3.8) is 0 Å². The van der Waals surface area contributed by atoms with Crippen molar-refractivity contribution in [2.45, 2.75) is 32.1 Å². The average molecular weight is 222 g/mol. The zero-order valence-electron chi connectivity index (χ0n) is 10.5. The Morgan fingerprint density at radius 2 is 1.12 bits per heavy atom. The molecule has 2 unspecified atom stereocenters. The highest BCUT2D eigenvalue weighted by Gasteiger charge is 2.40. The Morgan fingerprint density at radius 1 is 0.706 bits per heavy atom. The molecule has 3 rings (SSSR count). The minimum Gasteiger partial charge on any atom is -0.0620 e. The lowest BCUT2D eigenvalue weighted by Gasteiger charge is -2.07. The van der Waals surface area contributed by atoms with E-state index in [1.807, 2.05) is 0 Å². The molecule has 1 aliphatic rings. The first-order valence-electron chi connectivity index (χ1n) is 6.38. The molecule has 0 heteroatoms. The first-order valence-corrected chi connectivity index (χ1v) is 6.38. The van der Waals surface area contributed by atoms with Crippen molar-refractivity contribution in [3.05, 3.63) is 70.8 Å². The van der Waals surface area contributed by atoms with Gasteiger partial charge in [0.15, 0.2) is 0 Å². The Hall–Kier alpha value is -1.56.